The van der Waals surface area contributed by atoms with Gasteiger partial charge >= 0.3 is 0 Å². The van der Waals surface area contributed by atoms with Crippen LogP contribution in [0.2, 0.25) is 0 Å². The van der Waals surface area contributed by atoms with Crippen LogP contribution >= 0.6 is 11.8 Å². The fourth-order valence-electron chi connectivity index (χ4n) is 2.10. The second-order valence-electron chi connectivity index (χ2n) is 4.19. The van der Waals surface area contributed by atoms with Crippen molar-refractivity contribution >= 4 is 17.7 Å². The number of rotatable bonds is 5. The third-order valence-corrected chi connectivity index (χ3v) is 4.28. The van der Waals surface area contributed by atoms with Gasteiger partial charge in [-0.25, -0.2) is 0 Å². The maximum atomic E-state index is 12.3. The number of carbonyl (C=O) groups is 1. The van der Waals surface area contributed by atoms with E-state index in [2.05, 4.69) is 0 Å². The van der Waals surface area contributed by atoms with Gasteiger partial charge in [0.15, 0.2) is 0 Å². The summed E-state index contributed by atoms with van der Waals surface area (Å²) in [5, 5.41) is 17.8. The molecule has 98 valence electrons. The van der Waals surface area contributed by atoms with Crippen molar-refractivity contribution in [2.24, 2.45) is 0 Å². The van der Waals surface area contributed by atoms with E-state index in [-0.39, 0.29) is 37.5 Å². The Balaban J connectivity index is 2.03. The Morgan fingerprint density at radius 1 is 1.28 bits per heavy atom. The second-order valence-corrected chi connectivity index (χ2v) is 5.44. The van der Waals surface area contributed by atoms with Crippen LogP contribution in [0.3, 0.4) is 0 Å². The molecule has 2 rings (SSSR count). The van der Waals surface area contributed by atoms with Crippen LogP contribution in [0.15, 0.2) is 29.2 Å². The molecule has 1 aliphatic rings. The molecular formula is C13H17NO3S. The van der Waals surface area contributed by atoms with Crippen LogP contribution in [0.4, 0.5) is 0 Å². The first-order valence-electron chi connectivity index (χ1n) is 6.01. The SMILES string of the molecule is O=C(C1Cc2ccccc2S1)N(CCO)CCO. The summed E-state index contributed by atoms with van der Waals surface area (Å²) in [6.45, 7) is 0.422. The first-order valence-corrected chi connectivity index (χ1v) is 6.89. The maximum Gasteiger partial charge on any atom is 0.236 e. The lowest BCUT2D eigenvalue weighted by molar-refractivity contribution is -0.131. The average molecular weight is 267 g/mol. The van der Waals surface area contributed by atoms with Crippen molar-refractivity contribution in [1.82, 2.24) is 4.90 Å². The topological polar surface area (TPSA) is 60.8 Å². The summed E-state index contributed by atoms with van der Waals surface area (Å²) in [5.41, 5.74) is 1.20. The molecule has 0 radical (unpaired) electrons. The van der Waals surface area contributed by atoms with E-state index < -0.39 is 0 Å². The molecule has 2 N–H and O–H groups in total. The number of aliphatic hydroxyl groups is 2. The molecule has 5 heteroatoms. The van der Waals surface area contributed by atoms with Gasteiger partial charge in [0.05, 0.1) is 18.5 Å². The molecule has 0 aliphatic carbocycles. The normalized spacial score (nSPS) is 17.6. The Kier molecular flexibility index (Phi) is 4.63. The lowest BCUT2D eigenvalue weighted by Gasteiger charge is -2.23. The third-order valence-electron chi connectivity index (χ3n) is 2.97. The summed E-state index contributed by atoms with van der Waals surface area (Å²) in [4.78, 5) is 15.0. The molecular weight excluding hydrogens is 250 g/mol. The van der Waals surface area contributed by atoms with Crippen LogP contribution in [0.5, 0.6) is 0 Å². The van der Waals surface area contributed by atoms with Crippen LogP contribution < -0.4 is 0 Å². The van der Waals surface area contributed by atoms with Gasteiger partial charge in [0.1, 0.15) is 0 Å². The summed E-state index contributed by atoms with van der Waals surface area (Å²) in [7, 11) is 0. The number of thioether (sulfide) groups is 1. The summed E-state index contributed by atoms with van der Waals surface area (Å²) < 4.78 is 0. The average Bonchev–Trinajstić information content (AvgIpc) is 2.81. The molecule has 1 unspecified atom stereocenters. The number of benzene rings is 1. The Hall–Kier alpha value is -1.04. The molecule has 1 atom stereocenters. The summed E-state index contributed by atoms with van der Waals surface area (Å²) in [6.07, 6.45) is 0.729. The minimum absolute atomic E-state index is 0.000648. The van der Waals surface area contributed by atoms with E-state index >= 15 is 0 Å². The predicted octanol–water partition coefficient (Wildman–Crippen LogP) is 0.517. The number of hydrogen-bond acceptors (Lipinski definition) is 4. The molecule has 0 saturated heterocycles. The van der Waals surface area contributed by atoms with Gasteiger partial charge in [0.25, 0.3) is 0 Å². The molecule has 1 aromatic carbocycles. The fourth-order valence-corrected chi connectivity index (χ4v) is 3.38. The van der Waals surface area contributed by atoms with Crippen molar-refractivity contribution in [3.05, 3.63) is 29.8 Å². The Labute approximate surface area is 111 Å². The van der Waals surface area contributed by atoms with Gasteiger partial charge in [-0.3, -0.25) is 4.79 Å². The van der Waals surface area contributed by atoms with Gasteiger partial charge < -0.3 is 15.1 Å². The van der Waals surface area contributed by atoms with Crippen molar-refractivity contribution in [3.8, 4) is 0 Å². The van der Waals surface area contributed by atoms with Crippen LogP contribution in [0.1, 0.15) is 5.56 Å². The van der Waals surface area contributed by atoms with Crippen LogP contribution in [-0.4, -0.2) is 52.6 Å². The highest BCUT2D eigenvalue weighted by Crippen LogP contribution is 2.37. The zero-order chi connectivity index (χ0) is 13.0. The smallest absolute Gasteiger partial charge is 0.236 e. The first kappa shape index (κ1) is 13.4. The lowest BCUT2D eigenvalue weighted by atomic mass is 10.1. The van der Waals surface area contributed by atoms with Crippen molar-refractivity contribution < 1.29 is 15.0 Å². The van der Waals surface area contributed by atoms with Crippen molar-refractivity contribution in [2.45, 2.75) is 16.6 Å². The molecule has 1 heterocycles. The standard InChI is InChI=1S/C13H17NO3S/c15-7-5-14(6-8-16)13(17)12-9-10-3-1-2-4-11(10)18-12/h1-4,12,15-16H,5-9H2. The molecule has 4 nitrogen and oxygen atoms in total. The Morgan fingerprint density at radius 3 is 2.56 bits per heavy atom. The summed E-state index contributed by atoms with van der Waals surface area (Å²) in [6, 6.07) is 8.01. The highest BCUT2D eigenvalue weighted by molar-refractivity contribution is 8.01. The quantitative estimate of drug-likeness (QED) is 0.816. The molecule has 0 aromatic heterocycles. The van der Waals surface area contributed by atoms with E-state index in [1.54, 1.807) is 11.8 Å². The number of aliphatic hydroxyl groups excluding tert-OH is 2. The van der Waals surface area contributed by atoms with E-state index in [1.807, 2.05) is 24.3 Å². The number of nitrogens with zero attached hydrogens (tertiary/aromatic N) is 1. The van der Waals surface area contributed by atoms with Crippen molar-refractivity contribution in [1.29, 1.82) is 0 Å². The van der Waals surface area contributed by atoms with Crippen LogP contribution in [0, 0.1) is 0 Å². The first-order chi connectivity index (χ1) is 8.76. The van der Waals surface area contributed by atoms with Crippen LogP contribution in [-0.2, 0) is 11.2 Å². The number of hydrogen-bond donors (Lipinski definition) is 2. The summed E-state index contributed by atoms with van der Waals surface area (Å²) >= 11 is 1.57. The zero-order valence-corrected chi connectivity index (χ0v) is 10.9. The van der Waals surface area contributed by atoms with Gasteiger partial charge in [0.2, 0.25) is 5.91 Å². The van der Waals surface area contributed by atoms with E-state index in [0.717, 1.165) is 11.3 Å². The highest BCUT2D eigenvalue weighted by atomic mass is 32.2. The van der Waals surface area contributed by atoms with Crippen molar-refractivity contribution in [2.75, 3.05) is 26.3 Å². The molecule has 0 fully saturated rings. The predicted molar refractivity (Wildman–Crippen MR) is 70.5 cm³/mol. The molecule has 1 amide bonds. The molecule has 0 saturated carbocycles. The zero-order valence-electron chi connectivity index (χ0n) is 10.1. The Morgan fingerprint density at radius 2 is 1.94 bits per heavy atom. The van der Waals surface area contributed by atoms with Gasteiger partial charge in [-0.2, -0.15) is 0 Å². The van der Waals surface area contributed by atoms with E-state index in [9.17, 15) is 4.79 Å². The number of fused-ring (bicyclic) bond motifs is 1. The molecule has 1 aliphatic heterocycles. The maximum absolute atomic E-state index is 12.3. The highest BCUT2D eigenvalue weighted by Gasteiger charge is 2.30. The monoisotopic (exact) mass is 267 g/mol. The molecule has 1 aromatic rings. The van der Waals surface area contributed by atoms with Crippen molar-refractivity contribution in [3.63, 3.8) is 0 Å². The largest absolute Gasteiger partial charge is 0.395 e. The van der Waals surface area contributed by atoms with E-state index in [1.165, 1.54) is 10.5 Å². The summed E-state index contributed by atoms with van der Waals surface area (Å²) in [5.74, 6) is -0.000648. The van der Waals surface area contributed by atoms with E-state index in [0.29, 0.717) is 0 Å². The Bertz CT molecular complexity index is 393. The molecule has 0 spiro atoms. The fraction of sp³-hybridized carbons (Fsp3) is 0.462. The second kappa shape index (κ2) is 6.22. The minimum atomic E-state index is -0.125. The van der Waals surface area contributed by atoms with E-state index in [4.69, 9.17) is 10.2 Å². The van der Waals surface area contributed by atoms with Gasteiger partial charge in [-0.1, -0.05) is 18.2 Å². The molecule has 18 heavy (non-hydrogen) atoms. The van der Waals surface area contributed by atoms with Gasteiger partial charge in [0, 0.05) is 18.0 Å². The number of carbonyl (C=O) groups excluding carboxylic acids is 1. The lowest BCUT2D eigenvalue weighted by Crippen LogP contribution is -2.41. The third kappa shape index (κ3) is 2.85. The minimum Gasteiger partial charge on any atom is -0.395 e. The van der Waals surface area contributed by atoms with Gasteiger partial charge in [-0.05, 0) is 18.1 Å². The van der Waals surface area contributed by atoms with Gasteiger partial charge in [-0.15, -0.1) is 11.8 Å². The van der Waals surface area contributed by atoms with Crippen LogP contribution in [0.25, 0.3) is 0 Å². The number of amides is 1. The molecule has 0 bridgehead atoms.